The molecule has 2 saturated carbocycles. The lowest BCUT2D eigenvalue weighted by Crippen LogP contribution is -2.42. The van der Waals surface area contributed by atoms with Crippen LogP contribution < -0.4 is 10.1 Å². The molecule has 2 aromatic carbocycles. The van der Waals surface area contributed by atoms with Gasteiger partial charge in [0.1, 0.15) is 17.6 Å². The number of carbonyl (C=O) groups is 1. The first kappa shape index (κ1) is 23.5. The van der Waals surface area contributed by atoms with Gasteiger partial charge in [0.25, 0.3) is 0 Å². The zero-order valence-electron chi connectivity index (χ0n) is 19.5. The van der Waals surface area contributed by atoms with Crippen LogP contribution in [0.25, 0.3) is 22.4 Å². The van der Waals surface area contributed by atoms with Crippen LogP contribution in [-0.4, -0.2) is 28.6 Å². The topological polar surface area (TPSA) is 56.2 Å². The molecule has 1 heterocycles. The summed E-state index contributed by atoms with van der Waals surface area (Å²) in [5.41, 5.74) is 2.58. The molecular formula is C27H31Cl2N3O2. The van der Waals surface area contributed by atoms with E-state index in [2.05, 4.69) is 9.88 Å². The molecule has 2 fully saturated rings. The highest BCUT2D eigenvalue weighted by Gasteiger charge is 2.35. The predicted octanol–water partition coefficient (Wildman–Crippen LogP) is 7.20. The monoisotopic (exact) mass is 499 g/mol. The number of hydrogen-bond acceptors (Lipinski definition) is 3. The number of fused-ring (bicyclic) bond motifs is 1. The van der Waals surface area contributed by atoms with E-state index >= 15 is 0 Å². The summed E-state index contributed by atoms with van der Waals surface area (Å²) in [6.07, 6.45) is 10.1. The summed E-state index contributed by atoms with van der Waals surface area (Å²) in [5.74, 6) is 1.83. The van der Waals surface area contributed by atoms with Crippen LogP contribution >= 0.6 is 23.2 Å². The smallest absolute Gasteiger partial charge is 0.243 e. The van der Waals surface area contributed by atoms with Crippen LogP contribution in [-0.2, 0) is 4.79 Å². The van der Waals surface area contributed by atoms with Gasteiger partial charge >= 0.3 is 0 Å². The second kappa shape index (κ2) is 10.2. The Labute approximate surface area is 210 Å². The SMILES string of the molecule is COc1ccc2nc(-c3ccc(Cl)c(Cl)c3)n(C(C(=O)NC3CCCC3)C3CCCCC3)c2c1. The highest BCUT2D eigenvalue weighted by molar-refractivity contribution is 6.42. The third-order valence-corrected chi connectivity index (χ3v) is 8.16. The first-order valence-electron chi connectivity index (χ1n) is 12.4. The molecule has 0 spiro atoms. The van der Waals surface area contributed by atoms with Crippen LogP contribution in [0.3, 0.4) is 0 Å². The molecule has 1 aromatic heterocycles. The van der Waals surface area contributed by atoms with Crippen molar-refractivity contribution < 1.29 is 9.53 Å². The van der Waals surface area contributed by atoms with Crippen molar-refractivity contribution in [3.05, 3.63) is 46.4 Å². The Kier molecular flexibility index (Phi) is 7.03. The van der Waals surface area contributed by atoms with Crippen LogP contribution in [0.5, 0.6) is 5.75 Å². The zero-order chi connectivity index (χ0) is 23.7. The molecule has 2 aliphatic rings. The van der Waals surface area contributed by atoms with Gasteiger partial charge in [-0.05, 0) is 61.9 Å². The number of ether oxygens (including phenoxy) is 1. The number of carbonyl (C=O) groups excluding carboxylic acids is 1. The number of nitrogens with one attached hydrogen (secondary N) is 1. The zero-order valence-corrected chi connectivity index (χ0v) is 21.0. The van der Waals surface area contributed by atoms with Crippen molar-refractivity contribution in [1.29, 1.82) is 0 Å². The van der Waals surface area contributed by atoms with Crippen LogP contribution in [0, 0.1) is 5.92 Å². The highest BCUT2D eigenvalue weighted by Crippen LogP contribution is 2.40. The molecule has 3 aromatic rings. The maximum atomic E-state index is 14.0. The van der Waals surface area contributed by atoms with Gasteiger partial charge in [-0.1, -0.05) is 55.3 Å². The molecule has 0 radical (unpaired) electrons. The molecule has 2 aliphatic carbocycles. The van der Waals surface area contributed by atoms with Gasteiger partial charge in [0, 0.05) is 17.7 Å². The van der Waals surface area contributed by atoms with E-state index in [0.717, 1.165) is 66.7 Å². The number of amides is 1. The van der Waals surface area contributed by atoms with Gasteiger partial charge in [-0.15, -0.1) is 0 Å². The van der Waals surface area contributed by atoms with Gasteiger partial charge in [-0.2, -0.15) is 0 Å². The summed E-state index contributed by atoms with van der Waals surface area (Å²) >= 11 is 12.6. The number of rotatable bonds is 6. The maximum Gasteiger partial charge on any atom is 0.243 e. The number of methoxy groups -OCH3 is 1. The molecule has 1 unspecified atom stereocenters. The normalized spacial score (nSPS) is 18.3. The third-order valence-electron chi connectivity index (χ3n) is 7.42. The molecule has 7 heteroatoms. The van der Waals surface area contributed by atoms with E-state index in [-0.39, 0.29) is 23.9 Å². The lowest BCUT2D eigenvalue weighted by Gasteiger charge is -2.32. The molecule has 34 heavy (non-hydrogen) atoms. The molecule has 5 nitrogen and oxygen atoms in total. The minimum Gasteiger partial charge on any atom is -0.497 e. The van der Waals surface area contributed by atoms with Crippen molar-refractivity contribution >= 4 is 40.1 Å². The number of benzene rings is 2. The molecular weight excluding hydrogens is 469 g/mol. The van der Waals surface area contributed by atoms with E-state index in [0.29, 0.717) is 10.0 Å². The fourth-order valence-corrected chi connectivity index (χ4v) is 5.97. The molecule has 0 saturated heterocycles. The quantitative estimate of drug-likeness (QED) is 0.390. The van der Waals surface area contributed by atoms with Gasteiger partial charge in [0.15, 0.2) is 0 Å². The Bertz CT molecular complexity index is 1180. The Morgan fingerprint density at radius 3 is 2.44 bits per heavy atom. The maximum absolute atomic E-state index is 14.0. The van der Waals surface area contributed by atoms with Gasteiger partial charge < -0.3 is 14.6 Å². The lowest BCUT2D eigenvalue weighted by atomic mass is 9.83. The number of halogens is 2. The fraction of sp³-hybridized carbons (Fsp3) is 0.481. The fourth-order valence-electron chi connectivity index (χ4n) is 5.67. The Hall–Kier alpha value is -2.24. The molecule has 0 aliphatic heterocycles. The minimum atomic E-state index is -0.345. The predicted molar refractivity (Wildman–Crippen MR) is 138 cm³/mol. The summed E-state index contributed by atoms with van der Waals surface area (Å²) in [4.78, 5) is 18.9. The van der Waals surface area contributed by atoms with Crippen LogP contribution in [0.15, 0.2) is 36.4 Å². The molecule has 1 amide bonds. The number of nitrogens with zero attached hydrogens (tertiary/aromatic N) is 2. The summed E-state index contributed by atoms with van der Waals surface area (Å²) in [5, 5.41) is 4.36. The average Bonchev–Trinajstić information content (AvgIpc) is 3.49. The van der Waals surface area contributed by atoms with Crippen molar-refractivity contribution in [3.8, 4) is 17.1 Å². The van der Waals surface area contributed by atoms with Crippen LogP contribution in [0.1, 0.15) is 63.8 Å². The Morgan fingerprint density at radius 1 is 1.00 bits per heavy atom. The Morgan fingerprint density at radius 2 is 1.74 bits per heavy atom. The van der Waals surface area contributed by atoms with Crippen molar-refractivity contribution in [1.82, 2.24) is 14.9 Å². The molecule has 1 N–H and O–H groups in total. The van der Waals surface area contributed by atoms with Crippen molar-refractivity contribution in [2.75, 3.05) is 7.11 Å². The standard InChI is InChI=1S/C27H31Cl2N3O2/c1-34-20-12-14-23-24(16-20)32(26(31-23)18-11-13-21(28)22(29)15-18)25(17-7-3-2-4-8-17)27(33)30-19-9-5-6-10-19/h11-17,19,25H,2-10H2,1H3,(H,30,33). The highest BCUT2D eigenvalue weighted by atomic mass is 35.5. The summed E-state index contributed by atoms with van der Waals surface area (Å²) in [6, 6.07) is 11.3. The first-order valence-corrected chi connectivity index (χ1v) is 13.1. The van der Waals surface area contributed by atoms with Crippen molar-refractivity contribution in [2.24, 2.45) is 5.92 Å². The van der Waals surface area contributed by atoms with E-state index in [1.165, 1.54) is 19.3 Å². The number of aromatic nitrogens is 2. The molecule has 180 valence electrons. The largest absolute Gasteiger partial charge is 0.497 e. The molecule has 1 atom stereocenters. The summed E-state index contributed by atoms with van der Waals surface area (Å²) in [6.45, 7) is 0. The summed E-state index contributed by atoms with van der Waals surface area (Å²) in [7, 11) is 1.66. The van der Waals surface area contributed by atoms with Gasteiger partial charge in [0.05, 0.1) is 28.2 Å². The van der Waals surface area contributed by atoms with E-state index < -0.39 is 0 Å². The second-order valence-corrected chi connectivity index (χ2v) is 10.4. The Balaban J connectivity index is 1.68. The molecule has 0 bridgehead atoms. The molecule has 5 rings (SSSR count). The van der Waals surface area contributed by atoms with E-state index in [1.54, 1.807) is 13.2 Å². The van der Waals surface area contributed by atoms with Crippen LogP contribution in [0.2, 0.25) is 10.0 Å². The van der Waals surface area contributed by atoms with Crippen molar-refractivity contribution in [3.63, 3.8) is 0 Å². The van der Waals surface area contributed by atoms with Gasteiger partial charge in [-0.25, -0.2) is 4.98 Å². The minimum absolute atomic E-state index is 0.0993. The van der Waals surface area contributed by atoms with Gasteiger partial charge in [-0.3, -0.25) is 4.79 Å². The van der Waals surface area contributed by atoms with E-state index in [4.69, 9.17) is 32.9 Å². The summed E-state index contributed by atoms with van der Waals surface area (Å²) < 4.78 is 7.68. The second-order valence-electron chi connectivity index (χ2n) is 9.62. The third kappa shape index (κ3) is 4.65. The average molecular weight is 500 g/mol. The van der Waals surface area contributed by atoms with Crippen LogP contribution in [0.4, 0.5) is 0 Å². The van der Waals surface area contributed by atoms with E-state index in [1.807, 2.05) is 30.3 Å². The number of hydrogen-bond donors (Lipinski definition) is 1. The number of imidazole rings is 1. The van der Waals surface area contributed by atoms with Gasteiger partial charge in [0.2, 0.25) is 5.91 Å². The first-order chi connectivity index (χ1) is 16.5. The lowest BCUT2D eigenvalue weighted by molar-refractivity contribution is -0.126. The van der Waals surface area contributed by atoms with E-state index in [9.17, 15) is 4.79 Å². The van der Waals surface area contributed by atoms with Crippen molar-refractivity contribution in [2.45, 2.75) is 69.9 Å².